The van der Waals surface area contributed by atoms with Gasteiger partial charge in [-0.2, -0.15) is 0 Å². The van der Waals surface area contributed by atoms with Crippen molar-refractivity contribution in [3.05, 3.63) is 173 Å². The van der Waals surface area contributed by atoms with Gasteiger partial charge in [0, 0.05) is 29.4 Å². The van der Waals surface area contributed by atoms with Gasteiger partial charge in [0.1, 0.15) is 11.5 Å². The number of aryl methyl sites for hydroxylation is 1. The first-order valence-corrected chi connectivity index (χ1v) is 16.6. The summed E-state index contributed by atoms with van der Waals surface area (Å²) >= 11 is 0. The fraction of sp³-hybridized carbons (Fsp3) is 0.133. The number of hydrogen-bond acceptors (Lipinski definition) is 4. The summed E-state index contributed by atoms with van der Waals surface area (Å²) in [6, 6.07) is 48.8. The highest BCUT2D eigenvalue weighted by molar-refractivity contribution is 5.92. The molecule has 0 bridgehead atoms. The number of ether oxygens (including phenoxy) is 2. The van der Waals surface area contributed by atoms with Crippen LogP contribution in [0.15, 0.2) is 140 Å². The summed E-state index contributed by atoms with van der Waals surface area (Å²) in [5.74, 6) is 0.976. The molecule has 0 saturated heterocycles. The predicted octanol–water partition coefficient (Wildman–Crippen LogP) is 11.3. The van der Waals surface area contributed by atoms with E-state index < -0.39 is 0 Å². The first-order chi connectivity index (χ1) is 23.7. The minimum Gasteiger partial charge on any atom is -0.497 e. The quantitative estimate of drug-likeness (QED) is 0.0942. The Morgan fingerprint density at radius 2 is 1.18 bits per heavy atom. The Kier molecular flexibility index (Phi) is 8.39. The van der Waals surface area contributed by atoms with Gasteiger partial charge in [-0.05, 0) is 118 Å². The van der Waals surface area contributed by atoms with Crippen LogP contribution in [-0.4, -0.2) is 13.1 Å². The lowest BCUT2D eigenvalue weighted by Gasteiger charge is -2.28. The van der Waals surface area contributed by atoms with E-state index in [-0.39, 0.29) is 11.4 Å². The highest BCUT2D eigenvalue weighted by atomic mass is 16.5. The number of carbonyl (C=O) groups excluding carboxylic acids is 1. The molecule has 7 rings (SSSR count). The zero-order valence-corrected chi connectivity index (χ0v) is 28.5. The van der Waals surface area contributed by atoms with E-state index >= 15 is 0 Å². The van der Waals surface area contributed by atoms with Crippen molar-refractivity contribution in [1.29, 1.82) is 0 Å². The van der Waals surface area contributed by atoms with Crippen LogP contribution in [-0.2, 0) is 10.2 Å². The van der Waals surface area contributed by atoms with Crippen LogP contribution >= 0.6 is 0 Å². The Morgan fingerprint density at radius 1 is 0.633 bits per heavy atom. The first kappa shape index (κ1) is 31.7. The van der Waals surface area contributed by atoms with Crippen LogP contribution < -0.4 is 14.4 Å². The number of nitrogens with zero attached hydrogens (tertiary/aromatic N) is 1. The molecule has 0 aromatic heterocycles. The molecule has 242 valence electrons. The maximum absolute atomic E-state index is 11.5. The fourth-order valence-electron chi connectivity index (χ4n) is 6.83. The summed E-state index contributed by atoms with van der Waals surface area (Å²) in [6.07, 6.45) is 2.19. The Bertz CT molecular complexity index is 2160. The topological polar surface area (TPSA) is 38.8 Å². The van der Waals surface area contributed by atoms with E-state index in [0.29, 0.717) is 5.75 Å². The molecule has 4 heteroatoms. The smallest absolute Gasteiger partial charge is 0.308 e. The molecular formula is C45H39NO3. The molecular weight excluding hydrogens is 602 g/mol. The van der Waals surface area contributed by atoms with Crippen molar-refractivity contribution in [2.24, 2.45) is 0 Å². The second-order valence-electron chi connectivity index (χ2n) is 13.1. The Balaban J connectivity index is 1.29. The molecule has 6 aromatic carbocycles. The minimum absolute atomic E-state index is 0.0935. The van der Waals surface area contributed by atoms with Crippen LogP contribution in [0.2, 0.25) is 0 Å². The SMILES string of the molecule is COc1ccc(C(=Cc2ccc(N(c3ccc(C)cc3)c3ccc4c(c3)C(C)(C)c3ccccc3-4)cc2)c2ccc(OC(C)=O)cc2)cc1. The van der Waals surface area contributed by atoms with E-state index in [1.807, 2.05) is 36.4 Å². The van der Waals surface area contributed by atoms with E-state index in [4.69, 9.17) is 9.47 Å². The van der Waals surface area contributed by atoms with Crippen LogP contribution in [0.3, 0.4) is 0 Å². The average molecular weight is 642 g/mol. The lowest BCUT2D eigenvalue weighted by Crippen LogP contribution is -2.16. The zero-order valence-electron chi connectivity index (χ0n) is 28.5. The average Bonchev–Trinajstić information content (AvgIpc) is 3.35. The third-order valence-electron chi connectivity index (χ3n) is 9.41. The molecule has 0 aliphatic heterocycles. The predicted molar refractivity (Wildman–Crippen MR) is 201 cm³/mol. The molecule has 0 atom stereocenters. The van der Waals surface area contributed by atoms with Gasteiger partial charge >= 0.3 is 5.97 Å². The highest BCUT2D eigenvalue weighted by Gasteiger charge is 2.35. The molecule has 0 radical (unpaired) electrons. The van der Waals surface area contributed by atoms with E-state index in [9.17, 15) is 4.79 Å². The standard InChI is InChI=1S/C45H39NO3/c1-30-10-18-35(19-11-30)46(37-22-27-41-40-8-6-7-9-43(40)45(3,4)44(41)29-37)36-20-12-32(13-21-36)28-42(33-14-23-38(48-5)24-15-33)34-16-25-39(26-17-34)49-31(2)47/h6-29H,1-5H3. The molecule has 0 unspecified atom stereocenters. The van der Waals surface area contributed by atoms with Gasteiger partial charge in [0.25, 0.3) is 0 Å². The fourth-order valence-corrected chi connectivity index (χ4v) is 6.83. The monoisotopic (exact) mass is 641 g/mol. The number of esters is 1. The highest BCUT2D eigenvalue weighted by Crippen LogP contribution is 2.50. The van der Waals surface area contributed by atoms with Crippen molar-refractivity contribution in [2.45, 2.75) is 33.1 Å². The molecule has 4 nitrogen and oxygen atoms in total. The third-order valence-corrected chi connectivity index (χ3v) is 9.41. The van der Waals surface area contributed by atoms with Crippen molar-refractivity contribution < 1.29 is 14.3 Å². The van der Waals surface area contributed by atoms with Gasteiger partial charge in [-0.1, -0.05) is 98.3 Å². The molecule has 6 aromatic rings. The van der Waals surface area contributed by atoms with Gasteiger partial charge in [0.05, 0.1) is 7.11 Å². The van der Waals surface area contributed by atoms with E-state index in [1.165, 1.54) is 34.7 Å². The van der Waals surface area contributed by atoms with Crippen molar-refractivity contribution in [3.8, 4) is 22.6 Å². The molecule has 0 spiro atoms. The van der Waals surface area contributed by atoms with Crippen LogP contribution in [0.25, 0.3) is 22.8 Å². The Hall–Kier alpha value is -5.87. The lowest BCUT2D eigenvalue weighted by atomic mass is 9.82. The molecule has 0 fully saturated rings. The van der Waals surface area contributed by atoms with Gasteiger partial charge in [0.2, 0.25) is 0 Å². The van der Waals surface area contributed by atoms with E-state index in [0.717, 1.165) is 45.1 Å². The van der Waals surface area contributed by atoms with Crippen LogP contribution in [0, 0.1) is 6.92 Å². The summed E-state index contributed by atoms with van der Waals surface area (Å²) < 4.78 is 10.7. The van der Waals surface area contributed by atoms with Crippen LogP contribution in [0.1, 0.15) is 54.2 Å². The number of anilines is 3. The Labute approximate surface area is 288 Å². The van der Waals surface area contributed by atoms with Crippen molar-refractivity contribution in [1.82, 2.24) is 0 Å². The van der Waals surface area contributed by atoms with Gasteiger partial charge < -0.3 is 14.4 Å². The molecule has 0 amide bonds. The molecule has 0 N–H and O–H groups in total. The number of fused-ring (bicyclic) bond motifs is 3. The van der Waals surface area contributed by atoms with E-state index in [1.54, 1.807) is 7.11 Å². The van der Waals surface area contributed by atoms with Crippen molar-refractivity contribution in [2.75, 3.05) is 12.0 Å². The molecule has 0 heterocycles. The normalized spacial score (nSPS) is 13.0. The molecule has 1 aliphatic carbocycles. The minimum atomic E-state index is -0.341. The van der Waals surface area contributed by atoms with Crippen molar-refractivity contribution in [3.63, 3.8) is 0 Å². The maximum atomic E-state index is 11.5. The number of hydrogen-bond donors (Lipinski definition) is 0. The molecule has 1 aliphatic rings. The Morgan fingerprint density at radius 3 is 1.80 bits per heavy atom. The second-order valence-corrected chi connectivity index (χ2v) is 13.1. The van der Waals surface area contributed by atoms with E-state index in [2.05, 4.69) is 135 Å². The van der Waals surface area contributed by atoms with Crippen molar-refractivity contribution >= 4 is 34.7 Å². The summed E-state index contributed by atoms with van der Waals surface area (Å²) in [7, 11) is 1.67. The van der Waals surface area contributed by atoms with Gasteiger partial charge in [-0.25, -0.2) is 0 Å². The largest absolute Gasteiger partial charge is 0.497 e. The summed E-state index contributed by atoms with van der Waals surface area (Å²) in [6.45, 7) is 8.17. The first-order valence-electron chi connectivity index (χ1n) is 16.6. The molecule has 49 heavy (non-hydrogen) atoms. The molecule has 0 saturated carbocycles. The number of benzene rings is 6. The number of rotatable bonds is 8. The van der Waals surface area contributed by atoms with Crippen LogP contribution in [0.4, 0.5) is 17.1 Å². The van der Waals surface area contributed by atoms with Gasteiger partial charge in [-0.3, -0.25) is 4.79 Å². The number of methoxy groups -OCH3 is 1. The van der Waals surface area contributed by atoms with Crippen LogP contribution in [0.5, 0.6) is 11.5 Å². The lowest BCUT2D eigenvalue weighted by molar-refractivity contribution is -0.131. The summed E-state index contributed by atoms with van der Waals surface area (Å²) in [4.78, 5) is 13.8. The van der Waals surface area contributed by atoms with Gasteiger partial charge in [0.15, 0.2) is 0 Å². The summed E-state index contributed by atoms with van der Waals surface area (Å²) in [5, 5.41) is 0. The second kappa shape index (κ2) is 13.0. The number of carbonyl (C=O) groups is 1. The zero-order chi connectivity index (χ0) is 34.1. The van der Waals surface area contributed by atoms with Gasteiger partial charge in [-0.15, -0.1) is 0 Å². The summed E-state index contributed by atoms with van der Waals surface area (Å²) in [5.41, 5.74) is 13.9. The maximum Gasteiger partial charge on any atom is 0.308 e. The third kappa shape index (κ3) is 6.26.